The molecule has 2 aromatic carbocycles. The Labute approximate surface area is 159 Å². The zero-order valence-electron chi connectivity index (χ0n) is 15.1. The number of nitrogens with zero attached hydrogens (tertiary/aromatic N) is 2. The molecule has 0 aliphatic carbocycles. The summed E-state index contributed by atoms with van der Waals surface area (Å²) in [6.45, 7) is 0. The molecule has 0 saturated carbocycles. The second-order valence-electron chi connectivity index (χ2n) is 5.77. The Morgan fingerprint density at radius 2 is 1.89 bits per heavy atom. The van der Waals surface area contributed by atoms with Crippen LogP contribution in [0, 0.1) is 21.4 Å². The third kappa shape index (κ3) is 3.29. The van der Waals surface area contributed by atoms with Crippen molar-refractivity contribution in [2.24, 2.45) is 0 Å². The molecule has 140 valence electrons. The lowest BCUT2D eigenvalue weighted by Gasteiger charge is -2.09. The zero-order valence-corrected chi connectivity index (χ0v) is 15.1. The van der Waals surface area contributed by atoms with Crippen molar-refractivity contribution in [1.29, 1.82) is 5.26 Å². The first-order valence-corrected chi connectivity index (χ1v) is 8.13. The summed E-state index contributed by atoms with van der Waals surface area (Å²) in [4.78, 5) is 26.7. The fourth-order valence-electron chi connectivity index (χ4n) is 2.87. The van der Waals surface area contributed by atoms with Gasteiger partial charge in [0, 0.05) is 22.7 Å². The fourth-order valence-corrected chi connectivity index (χ4v) is 2.87. The third-order valence-corrected chi connectivity index (χ3v) is 4.23. The molecule has 0 aliphatic heterocycles. The molecule has 28 heavy (non-hydrogen) atoms. The number of aromatic amines is 1. The Hall–Kier alpha value is -4.12. The first-order chi connectivity index (χ1) is 13.5. The Kier molecular flexibility index (Phi) is 5.09. The van der Waals surface area contributed by atoms with Gasteiger partial charge >= 0.3 is 0 Å². The Morgan fingerprint density at radius 3 is 2.54 bits per heavy atom. The molecule has 0 unspecified atom stereocenters. The summed E-state index contributed by atoms with van der Waals surface area (Å²) in [5.41, 5.74) is 0.580. The number of aromatic nitrogens is 1. The second kappa shape index (κ2) is 7.63. The molecular weight excluding hydrogens is 362 g/mol. The number of methoxy groups -OCH3 is 2. The lowest BCUT2D eigenvalue weighted by atomic mass is 10.0. The van der Waals surface area contributed by atoms with Crippen molar-refractivity contribution in [3.05, 3.63) is 69.4 Å². The van der Waals surface area contributed by atoms with Gasteiger partial charge in [-0.25, -0.2) is 0 Å². The summed E-state index contributed by atoms with van der Waals surface area (Å²) in [7, 11) is 2.75. The minimum Gasteiger partial charge on any atom is -0.493 e. The van der Waals surface area contributed by atoms with Crippen LogP contribution in [0.15, 0.2) is 48.2 Å². The van der Waals surface area contributed by atoms with Crippen molar-refractivity contribution >= 4 is 28.4 Å². The molecule has 1 heterocycles. The SMILES string of the molecule is COc1cc(/C=C(\C#N)C(=O)c2c[nH]c3ccccc23)c([N+](=O)[O-])cc1OC. The van der Waals surface area contributed by atoms with Crippen LogP contribution in [0.1, 0.15) is 15.9 Å². The predicted molar refractivity (Wildman–Crippen MR) is 102 cm³/mol. The van der Waals surface area contributed by atoms with Crippen LogP contribution < -0.4 is 9.47 Å². The number of Topliss-reactive ketones (excluding diaryl/α,β-unsaturated/α-hetero) is 1. The van der Waals surface area contributed by atoms with Crippen molar-refractivity contribution in [2.75, 3.05) is 14.2 Å². The minimum absolute atomic E-state index is 0.0624. The minimum atomic E-state index is -0.612. The number of fused-ring (bicyclic) bond motifs is 1. The van der Waals surface area contributed by atoms with Gasteiger partial charge in [0.2, 0.25) is 5.78 Å². The van der Waals surface area contributed by atoms with Crippen LogP contribution in [0.5, 0.6) is 11.5 Å². The molecule has 0 saturated heterocycles. The van der Waals surface area contributed by atoms with E-state index in [-0.39, 0.29) is 28.3 Å². The van der Waals surface area contributed by atoms with E-state index in [0.717, 1.165) is 5.52 Å². The van der Waals surface area contributed by atoms with E-state index in [2.05, 4.69) is 4.98 Å². The molecule has 0 atom stereocenters. The van der Waals surface area contributed by atoms with Crippen LogP contribution in [0.4, 0.5) is 5.69 Å². The molecule has 0 spiro atoms. The molecule has 1 N–H and O–H groups in total. The number of carbonyl (C=O) groups excluding carboxylic acids is 1. The third-order valence-electron chi connectivity index (χ3n) is 4.23. The van der Waals surface area contributed by atoms with Gasteiger partial charge in [-0.1, -0.05) is 18.2 Å². The second-order valence-corrected chi connectivity index (χ2v) is 5.77. The van der Waals surface area contributed by atoms with Gasteiger partial charge in [-0.3, -0.25) is 14.9 Å². The molecule has 3 rings (SSSR count). The quantitative estimate of drug-likeness (QED) is 0.229. The Morgan fingerprint density at radius 1 is 1.21 bits per heavy atom. The average Bonchev–Trinajstić information content (AvgIpc) is 3.14. The summed E-state index contributed by atoms with van der Waals surface area (Å²) >= 11 is 0. The first kappa shape index (κ1) is 18.7. The number of ether oxygens (including phenoxy) is 2. The van der Waals surface area contributed by atoms with Gasteiger partial charge in [0.1, 0.15) is 11.6 Å². The van der Waals surface area contributed by atoms with Gasteiger partial charge in [0.05, 0.1) is 30.8 Å². The van der Waals surface area contributed by atoms with Crippen molar-refractivity contribution in [1.82, 2.24) is 4.98 Å². The highest BCUT2D eigenvalue weighted by Crippen LogP contribution is 2.36. The van der Waals surface area contributed by atoms with Gasteiger partial charge in [-0.15, -0.1) is 0 Å². The Balaban J connectivity index is 2.13. The van der Waals surface area contributed by atoms with E-state index in [1.54, 1.807) is 18.2 Å². The molecule has 1 aromatic heterocycles. The molecule has 0 aliphatic rings. The molecule has 0 bridgehead atoms. The molecule has 8 heteroatoms. The summed E-state index contributed by atoms with van der Waals surface area (Å²) in [6, 6.07) is 11.6. The number of hydrogen-bond donors (Lipinski definition) is 1. The number of carbonyl (C=O) groups is 1. The maximum absolute atomic E-state index is 12.9. The largest absolute Gasteiger partial charge is 0.493 e. The highest BCUT2D eigenvalue weighted by molar-refractivity contribution is 6.20. The number of nitro groups is 1. The smallest absolute Gasteiger partial charge is 0.280 e. The van der Waals surface area contributed by atoms with E-state index in [0.29, 0.717) is 10.9 Å². The number of nitro benzene ring substituents is 1. The summed E-state index contributed by atoms with van der Waals surface area (Å²) in [5.74, 6) is -0.118. The molecule has 3 aromatic rings. The molecule has 0 amide bonds. The van der Waals surface area contributed by atoms with E-state index >= 15 is 0 Å². The number of para-hydroxylation sites is 1. The number of benzene rings is 2. The van der Waals surface area contributed by atoms with E-state index in [4.69, 9.17) is 9.47 Å². The van der Waals surface area contributed by atoms with Gasteiger partial charge in [0.25, 0.3) is 5.69 Å². The predicted octanol–water partition coefficient (Wildman–Crippen LogP) is 3.88. The van der Waals surface area contributed by atoms with E-state index in [1.165, 1.54) is 38.6 Å². The van der Waals surface area contributed by atoms with Crippen molar-refractivity contribution in [3.63, 3.8) is 0 Å². The molecule has 8 nitrogen and oxygen atoms in total. The lowest BCUT2D eigenvalue weighted by Crippen LogP contribution is -2.02. The number of nitrogens with one attached hydrogen (secondary N) is 1. The Bertz CT molecular complexity index is 1150. The monoisotopic (exact) mass is 377 g/mol. The van der Waals surface area contributed by atoms with Crippen LogP contribution in [0.2, 0.25) is 0 Å². The van der Waals surface area contributed by atoms with Crippen LogP contribution in [0.3, 0.4) is 0 Å². The van der Waals surface area contributed by atoms with Gasteiger partial charge in [-0.05, 0) is 18.2 Å². The highest BCUT2D eigenvalue weighted by atomic mass is 16.6. The van der Waals surface area contributed by atoms with Crippen molar-refractivity contribution in [3.8, 4) is 17.6 Å². The normalized spacial score (nSPS) is 11.1. The summed E-state index contributed by atoms with van der Waals surface area (Å²) < 4.78 is 10.2. The van der Waals surface area contributed by atoms with Crippen LogP contribution in [-0.4, -0.2) is 29.9 Å². The van der Waals surface area contributed by atoms with E-state index < -0.39 is 10.7 Å². The maximum atomic E-state index is 12.9. The summed E-state index contributed by atoms with van der Waals surface area (Å²) in [6.07, 6.45) is 2.70. The van der Waals surface area contributed by atoms with Gasteiger partial charge in [-0.2, -0.15) is 5.26 Å². The summed E-state index contributed by atoms with van der Waals surface area (Å²) in [5, 5.41) is 21.6. The molecular formula is C20H15N3O5. The fraction of sp³-hybridized carbons (Fsp3) is 0.100. The number of allylic oxidation sites excluding steroid dienone is 1. The van der Waals surface area contributed by atoms with Gasteiger partial charge < -0.3 is 14.5 Å². The maximum Gasteiger partial charge on any atom is 0.280 e. The van der Waals surface area contributed by atoms with E-state index in [9.17, 15) is 20.2 Å². The topological polar surface area (TPSA) is 118 Å². The standard InChI is InChI=1S/C20H15N3O5/c1-27-18-8-12(17(23(25)26)9-19(18)28-2)7-13(10-21)20(24)15-11-22-16-6-4-3-5-14(15)16/h3-9,11,22H,1-2H3/b13-7+. The first-order valence-electron chi connectivity index (χ1n) is 8.13. The lowest BCUT2D eigenvalue weighted by molar-refractivity contribution is -0.385. The number of nitriles is 1. The number of H-pyrrole nitrogens is 1. The van der Waals surface area contributed by atoms with Crippen molar-refractivity contribution in [2.45, 2.75) is 0 Å². The zero-order chi connectivity index (χ0) is 20.3. The van der Waals surface area contributed by atoms with Crippen LogP contribution in [-0.2, 0) is 0 Å². The highest BCUT2D eigenvalue weighted by Gasteiger charge is 2.22. The number of rotatable bonds is 6. The molecule has 0 fully saturated rings. The van der Waals surface area contributed by atoms with E-state index in [1.807, 2.05) is 12.1 Å². The number of hydrogen-bond acceptors (Lipinski definition) is 6. The number of ketones is 1. The van der Waals surface area contributed by atoms with Crippen LogP contribution in [0.25, 0.3) is 17.0 Å². The van der Waals surface area contributed by atoms with Crippen LogP contribution >= 0.6 is 0 Å². The average molecular weight is 377 g/mol. The molecule has 0 radical (unpaired) electrons. The van der Waals surface area contributed by atoms with Gasteiger partial charge in [0.15, 0.2) is 11.5 Å². The van der Waals surface area contributed by atoms with Crippen molar-refractivity contribution < 1.29 is 19.2 Å².